The fourth-order valence-corrected chi connectivity index (χ4v) is 8.44. The normalized spacial score (nSPS) is 11.6. The molecule has 2 aromatic heterocycles. The van der Waals surface area contributed by atoms with Crippen molar-refractivity contribution in [1.82, 2.24) is 4.57 Å². The number of hydrogen-bond donors (Lipinski definition) is 0. The predicted octanol–water partition coefficient (Wildman–Crippen LogP) is 14.6. The number of para-hydroxylation sites is 3. The van der Waals surface area contributed by atoms with Crippen molar-refractivity contribution in [2.75, 3.05) is 4.90 Å². The zero-order valence-corrected chi connectivity index (χ0v) is 29.9. The second-order valence-corrected chi connectivity index (χ2v) is 14.1. The number of aromatic nitrogens is 1. The van der Waals surface area contributed by atoms with Gasteiger partial charge in [0.2, 0.25) is 0 Å². The summed E-state index contributed by atoms with van der Waals surface area (Å²) < 4.78 is 9.00. The number of furan rings is 1. The van der Waals surface area contributed by atoms with Gasteiger partial charge in [-0.3, -0.25) is 0 Å². The number of fused-ring (bicyclic) bond motifs is 8. The van der Waals surface area contributed by atoms with Crippen LogP contribution in [0.25, 0.3) is 82.5 Å². The summed E-state index contributed by atoms with van der Waals surface area (Å²) in [6.45, 7) is 0. The Morgan fingerprint density at radius 2 is 0.964 bits per heavy atom. The van der Waals surface area contributed by atoms with Crippen molar-refractivity contribution in [3.8, 4) is 27.9 Å². The third kappa shape index (κ3) is 5.13. The van der Waals surface area contributed by atoms with Gasteiger partial charge in [0.05, 0.1) is 22.1 Å². The van der Waals surface area contributed by atoms with Gasteiger partial charge in [-0.15, -0.1) is 0 Å². The Morgan fingerprint density at radius 1 is 0.364 bits per heavy atom. The summed E-state index contributed by atoms with van der Waals surface area (Å²) in [6, 6.07) is 73.8. The van der Waals surface area contributed by atoms with Crippen LogP contribution in [0, 0.1) is 0 Å². The van der Waals surface area contributed by atoms with Crippen LogP contribution in [0.5, 0.6) is 0 Å². The maximum absolute atomic E-state index is 6.62. The van der Waals surface area contributed by atoms with Crippen molar-refractivity contribution in [3.63, 3.8) is 0 Å². The van der Waals surface area contributed by atoms with E-state index in [0.29, 0.717) is 0 Å². The van der Waals surface area contributed by atoms with E-state index in [4.69, 9.17) is 4.42 Å². The Bertz CT molecular complexity index is 3180. The van der Waals surface area contributed by atoms with Gasteiger partial charge in [0.1, 0.15) is 11.2 Å². The van der Waals surface area contributed by atoms with Crippen LogP contribution < -0.4 is 4.90 Å². The molecule has 258 valence electrons. The Balaban J connectivity index is 1.08. The summed E-state index contributed by atoms with van der Waals surface area (Å²) in [5.41, 5.74) is 13.3. The summed E-state index contributed by atoms with van der Waals surface area (Å²) >= 11 is 0. The molecule has 0 radical (unpaired) electrons. The van der Waals surface area contributed by atoms with E-state index in [9.17, 15) is 0 Å². The summed E-state index contributed by atoms with van der Waals surface area (Å²) in [4.78, 5) is 2.35. The molecule has 0 aliphatic carbocycles. The monoisotopic (exact) mass is 702 g/mol. The Morgan fingerprint density at radius 3 is 1.76 bits per heavy atom. The van der Waals surface area contributed by atoms with Crippen LogP contribution in [0.4, 0.5) is 17.1 Å². The van der Waals surface area contributed by atoms with Gasteiger partial charge in [0.15, 0.2) is 0 Å². The summed E-state index contributed by atoms with van der Waals surface area (Å²) in [7, 11) is 0. The van der Waals surface area contributed by atoms with E-state index < -0.39 is 0 Å². The average Bonchev–Trinajstić information content (AvgIpc) is 3.81. The van der Waals surface area contributed by atoms with E-state index in [1.54, 1.807) is 0 Å². The van der Waals surface area contributed by atoms with Gasteiger partial charge in [-0.2, -0.15) is 0 Å². The van der Waals surface area contributed by atoms with E-state index in [1.165, 1.54) is 54.8 Å². The second kappa shape index (κ2) is 12.6. The topological polar surface area (TPSA) is 21.3 Å². The third-order valence-corrected chi connectivity index (χ3v) is 11.0. The minimum absolute atomic E-state index is 0.866. The second-order valence-electron chi connectivity index (χ2n) is 14.1. The highest BCUT2D eigenvalue weighted by Gasteiger charge is 2.21. The number of nitrogens with zero attached hydrogens (tertiary/aromatic N) is 2. The minimum Gasteiger partial charge on any atom is -0.456 e. The van der Waals surface area contributed by atoms with Crippen LogP contribution in [-0.2, 0) is 0 Å². The first-order chi connectivity index (χ1) is 27.3. The molecule has 55 heavy (non-hydrogen) atoms. The fraction of sp³-hybridized carbons (Fsp3) is 0. The predicted molar refractivity (Wildman–Crippen MR) is 231 cm³/mol. The molecular formula is C52H34N2O. The van der Waals surface area contributed by atoms with E-state index in [0.717, 1.165) is 44.7 Å². The highest BCUT2D eigenvalue weighted by molar-refractivity contribution is 6.23. The lowest BCUT2D eigenvalue weighted by Crippen LogP contribution is -2.10. The molecular weight excluding hydrogens is 669 g/mol. The van der Waals surface area contributed by atoms with Gasteiger partial charge in [-0.1, -0.05) is 133 Å². The van der Waals surface area contributed by atoms with E-state index >= 15 is 0 Å². The first-order valence-corrected chi connectivity index (χ1v) is 18.8. The van der Waals surface area contributed by atoms with Gasteiger partial charge >= 0.3 is 0 Å². The van der Waals surface area contributed by atoms with Crippen molar-refractivity contribution in [1.29, 1.82) is 0 Å². The number of anilines is 3. The van der Waals surface area contributed by atoms with Crippen LogP contribution in [0.1, 0.15) is 0 Å². The molecule has 0 unspecified atom stereocenters. The summed E-state index contributed by atoms with van der Waals surface area (Å²) in [5, 5.41) is 7.06. The zero-order chi connectivity index (χ0) is 36.3. The lowest BCUT2D eigenvalue weighted by molar-refractivity contribution is 0.669. The molecule has 3 nitrogen and oxygen atoms in total. The Kier molecular flexibility index (Phi) is 7.17. The van der Waals surface area contributed by atoms with E-state index in [2.05, 4.69) is 216 Å². The molecule has 9 aromatic carbocycles. The van der Waals surface area contributed by atoms with Crippen molar-refractivity contribution in [2.24, 2.45) is 0 Å². The van der Waals surface area contributed by atoms with Crippen LogP contribution in [0.15, 0.2) is 211 Å². The Labute approximate surface area is 318 Å². The Hall–Kier alpha value is -7.36. The van der Waals surface area contributed by atoms with Crippen LogP contribution in [0.3, 0.4) is 0 Å². The molecule has 0 spiro atoms. The molecule has 0 aliphatic rings. The van der Waals surface area contributed by atoms with Crippen molar-refractivity contribution >= 4 is 71.6 Å². The van der Waals surface area contributed by atoms with E-state index in [-0.39, 0.29) is 0 Å². The average molecular weight is 703 g/mol. The number of rotatable bonds is 6. The summed E-state index contributed by atoms with van der Waals surface area (Å²) in [5.74, 6) is 0. The summed E-state index contributed by atoms with van der Waals surface area (Å²) in [6.07, 6.45) is 0. The molecule has 0 aliphatic heterocycles. The maximum atomic E-state index is 6.62. The van der Waals surface area contributed by atoms with Crippen LogP contribution >= 0.6 is 0 Å². The molecule has 0 saturated carbocycles. The number of benzene rings is 9. The molecule has 0 bridgehead atoms. The molecule has 0 N–H and O–H groups in total. The zero-order valence-electron chi connectivity index (χ0n) is 29.9. The molecule has 0 fully saturated rings. The van der Waals surface area contributed by atoms with Crippen molar-refractivity contribution in [2.45, 2.75) is 0 Å². The molecule has 0 saturated heterocycles. The lowest BCUT2D eigenvalue weighted by atomic mass is 9.97. The quantitative estimate of drug-likeness (QED) is 0.172. The van der Waals surface area contributed by atoms with Gasteiger partial charge < -0.3 is 13.9 Å². The van der Waals surface area contributed by atoms with Gasteiger partial charge in [-0.05, 0) is 106 Å². The molecule has 0 atom stereocenters. The van der Waals surface area contributed by atoms with E-state index in [1.807, 2.05) is 0 Å². The van der Waals surface area contributed by atoms with Crippen LogP contribution in [-0.4, -0.2) is 4.57 Å². The fourth-order valence-electron chi connectivity index (χ4n) is 8.44. The minimum atomic E-state index is 0.866. The SMILES string of the molecule is c1ccc(-c2ccc(N(c3ccccc3)c3cccc4oc5ccc6cc(-c7ccc8c9ccccc9n(-c9ccccc9)c8c7)ccc6c5c34)cc2)cc1. The standard InChI is InChI=1S/C52H34N2O/c1-4-13-35(14-5-1)36-23-28-42(29-24-36)53(40-15-6-2-7-16-40)47-21-12-22-49-52(47)51-43-30-25-37(33-39(43)27-32-50(51)55-49)38-26-31-45-44-19-10-11-20-46(44)54(48(45)34-38)41-17-8-3-9-18-41/h1-34H. The van der Waals surface area contributed by atoms with Crippen molar-refractivity contribution < 1.29 is 4.42 Å². The third-order valence-electron chi connectivity index (χ3n) is 11.0. The number of hydrogen-bond acceptors (Lipinski definition) is 2. The molecule has 0 amide bonds. The van der Waals surface area contributed by atoms with Gasteiger partial charge in [0.25, 0.3) is 0 Å². The largest absolute Gasteiger partial charge is 0.456 e. The molecule has 3 heteroatoms. The first kappa shape index (κ1) is 31.2. The first-order valence-electron chi connectivity index (χ1n) is 18.8. The molecule has 11 rings (SSSR count). The van der Waals surface area contributed by atoms with Crippen molar-refractivity contribution in [3.05, 3.63) is 206 Å². The van der Waals surface area contributed by atoms with Gasteiger partial charge in [-0.25, -0.2) is 0 Å². The smallest absolute Gasteiger partial charge is 0.137 e. The highest BCUT2D eigenvalue weighted by atomic mass is 16.3. The van der Waals surface area contributed by atoms with Gasteiger partial charge in [0, 0.05) is 33.2 Å². The maximum Gasteiger partial charge on any atom is 0.137 e. The van der Waals surface area contributed by atoms with Crippen LogP contribution in [0.2, 0.25) is 0 Å². The molecule has 11 aromatic rings. The highest BCUT2D eigenvalue weighted by Crippen LogP contribution is 2.45. The molecule has 2 heterocycles. The lowest BCUT2D eigenvalue weighted by Gasteiger charge is -2.26.